The van der Waals surface area contributed by atoms with Crippen LogP contribution in [0.2, 0.25) is 0 Å². The van der Waals surface area contributed by atoms with E-state index in [0.29, 0.717) is 18.7 Å². The van der Waals surface area contributed by atoms with Crippen molar-refractivity contribution in [2.75, 3.05) is 25.6 Å². The van der Waals surface area contributed by atoms with Crippen molar-refractivity contribution < 1.29 is 13.9 Å². The van der Waals surface area contributed by atoms with Gasteiger partial charge in [-0.05, 0) is 31.5 Å². The summed E-state index contributed by atoms with van der Waals surface area (Å²) in [7, 11) is 3.07. The van der Waals surface area contributed by atoms with Gasteiger partial charge < -0.3 is 15.4 Å². The van der Waals surface area contributed by atoms with Crippen LogP contribution in [0.4, 0.5) is 10.1 Å². The zero-order chi connectivity index (χ0) is 15.0. The molecule has 0 heterocycles. The fourth-order valence-corrected chi connectivity index (χ4v) is 1.95. The van der Waals surface area contributed by atoms with E-state index >= 15 is 0 Å². The molecule has 0 bridgehead atoms. The number of rotatable bonds is 8. The average Bonchev–Trinajstić information content (AvgIpc) is 2.46. The van der Waals surface area contributed by atoms with Gasteiger partial charge in [0.1, 0.15) is 0 Å². The van der Waals surface area contributed by atoms with E-state index in [1.54, 1.807) is 13.1 Å². The second kappa shape index (κ2) is 8.53. The summed E-state index contributed by atoms with van der Waals surface area (Å²) in [5, 5.41) is 0. The molecule has 0 atom stereocenters. The lowest BCUT2D eigenvalue weighted by Gasteiger charge is -2.18. The lowest BCUT2D eigenvalue weighted by molar-refractivity contribution is -0.118. The van der Waals surface area contributed by atoms with Gasteiger partial charge >= 0.3 is 0 Å². The molecule has 1 aromatic carbocycles. The Morgan fingerprint density at radius 1 is 1.30 bits per heavy atom. The zero-order valence-corrected chi connectivity index (χ0v) is 12.2. The summed E-state index contributed by atoms with van der Waals surface area (Å²) in [6.07, 6.45) is 4.34. The quantitative estimate of drug-likeness (QED) is 0.746. The Morgan fingerprint density at radius 3 is 2.60 bits per heavy atom. The highest BCUT2D eigenvalue weighted by atomic mass is 19.1. The number of anilines is 1. The lowest BCUT2D eigenvalue weighted by Crippen LogP contribution is -2.25. The highest BCUT2D eigenvalue weighted by Crippen LogP contribution is 2.23. The molecule has 0 aliphatic carbocycles. The van der Waals surface area contributed by atoms with Crippen LogP contribution < -0.4 is 15.4 Å². The summed E-state index contributed by atoms with van der Waals surface area (Å²) in [6, 6.07) is 4.51. The Labute approximate surface area is 119 Å². The third-order valence-electron chi connectivity index (χ3n) is 3.24. The number of unbranched alkanes of at least 4 members (excludes halogenated alkanes) is 3. The number of carbonyl (C=O) groups is 1. The van der Waals surface area contributed by atoms with Gasteiger partial charge in [-0.1, -0.05) is 12.8 Å². The van der Waals surface area contributed by atoms with Crippen LogP contribution in [-0.4, -0.2) is 26.6 Å². The number of hydrogen-bond donors (Lipinski definition) is 1. The van der Waals surface area contributed by atoms with Gasteiger partial charge in [-0.25, -0.2) is 4.39 Å². The minimum Gasteiger partial charge on any atom is -0.494 e. The molecule has 0 saturated heterocycles. The number of nitrogens with zero attached hydrogens (tertiary/aromatic N) is 1. The van der Waals surface area contributed by atoms with E-state index in [4.69, 9.17) is 10.5 Å². The van der Waals surface area contributed by atoms with Crippen LogP contribution >= 0.6 is 0 Å². The number of halogens is 1. The van der Waals surface area contributed by atoms with Crippen molar-refractivity contribution in [1.82, 2.24) is 0 Å². The fourth-order valence-electron chi connectivity index (χ4n) is 1.95. The predicted molar refractivity (Wildman–Crippen MR) is 78.5 cm³/mol. The van der Waals surface area contributed by atoms with Crippen molar-refractivity contribution in [2.24, 2.45) is 5.73 Å². The molecule has 2 N–H and O–H groups in total. The third-order valence-corrected chi connectivity index (χ3v) is 3.24. The number of nitrogens with two attached hydrogens (primary N) is 1. The van der Waals surface area contributed by atoms with Crippen LogP contribution in [0.5, 0.6) is 5.75 Å². The van der Waals surface area contributed by atoms with Gasteiger partial charge in [0.25, 0.3) is 0 Å². The largest absolute Gasteiger partial charge is 0.494 e. The second-order valence-corrected chi connectivity index (χ2v) is 4.72. The van der Waals surface area contributed by atoms with E-state index in [9.17, 15) is 9.18 Å². The van der Waals surface area contributed by atoms with Crippen molar-refractivity contribution in [3.63, 3.8) is 0 Å². The normalized spacial score (nSPS) is 10.4. The lowest BCUT2D eigenvalue weighted by atomic mass is 10.1. The molecule has 1 amide bonds. The van der Waals surface area contributed by atoms with Crippen LogP contribution in [0.25, 0.3) is 0 Å². The van der Waals surface area contributed by atoms with Gasteiger partial charge in [-0.15, -0.1) is 0 Å². The summed E-state index contributed by atoms with van der Waals surface area (Å²) in [5.41, 5.74) is 5.95. The number of benzene rings is 1. The summed E-state index contributed by atoms with van der Waals surface area (Å²) < 4.78 is 18.4. The summed E-state index contributed by atoms with van der Waals surface area (Å²) >= 11 is 0. The number of hydrogen-bond acceptors (Lipinski definition) is 3. The van der Waals surface area contributed by atoms with Gasteiger partial charge in [-0.3, -0.25) is 4.79 Å². The molecule has 0 aliphatic rings. The first kappa shape index (κ1) is 16.4. The number of carbonyl (C=O) groups excluding carboxylic acids is 1. The van der Waals surface area contributed by atoms with Crippen LogP contribution in [0, 0.1) is 5.82 Å². The summed E-state index contributed by atoms with van der Waals surface area (Å²) in [5.74, 6) is -0.300. The van der Waals surface area contributed by atoms with Crippen LogP contribution in [-0.2, 0) is 4.79 Å². The minimum absolute atomic E-state index is 0.0117. The first-order chi connectivity index (χ1) is 9.60. The van der Waals surface area contributed by atoms with E-state index in [1.807, 2.05) is 0 Å². The van der Waals surface area contributed by atoms with E-state index in [-0.39, 0.29) is 11.7 Å². The SMILES string of the molecule is COc1ccc(N(C)C(=O)CCCCCCN)cc1F. The standard InChI is InChI=1S/C15H23FN2O2/c1-18(15(19)7-5-3-4-6-10-17)12-8-9-14(20-2)13(16)11-12/h8-9,11H,3-7,10,17H2,1-2H3. The van der Waals surface area contributed by atoms with Gasteiger partial charge in [0.05, 0.1) is 7.11 Å². The maximum atomic E-state index is 13.6. The van der Waals surface area contributed by atoms with Gasteiger partial charge in [-0.2, -0.15) is 0 Å². The van der Waals surface area contributed by atoms with Crippen molar-refractivity contribution >= 4 is 11.6 Å². The molecule has 0 fully saturated rings. The Morgan fingerprint density at radius 2 is 2.00 bits per heavy atom. The maximum Gasteiger partial charge on any atom is 0.226 e. The monoisotopic (exact) mass is 282 g/mol. The van der Waals surface area contributed by atoms with Crippen molar-refractivity contribution in [1.29, 1.82) is 0 Å². The Balaban J connectivity index is 2.50. The molecular formula is C15H23FN2O2. The number of amides is 1. The molecule has 0 aliphatic heterocycles. The van der Waals surface area contributed by atoms with Crippen molar-refractivity contribution in [2.45, 2.75) is 32.1 Å². The molecular weight excluding hydrogens is 259 g/mol. The molecule has 0 unspecified atom stereocenters. The Hall–Kier alpha value is -1.62. The molecule has 1 rings (SSSR count). The van der Waals surface area contributed by atoms with Gasteiger partial charge in [0.2, 0.25) is 5.91 Å². The predicted octanol–water partition coefficient (Wildman–Crippen LogP) is 2.71. The van der Waals surface area contributed by atoms with Crippen LogP contribution in [0.3, 0.4) is 0 Å². The summed E-state index contributed by atoms with van der Waals surface area (Å²) in [4.78, 5) is 13.5. The smallest absolute Gasteiger partial charge is 0.226 e. The minimum atomic E-state index is -0.465. The zero-order valence-electron chi connectivity index (χ0n) is 12.2. The molecule has 0 saturated carbocycles. The molecule has 0 radical (unpaired) electrons. The second-order valence-electron chi connectivity index (χ2n) is 4.72. The summed E-state index contributed by atoms with van der Waals surface area (Å²) in [6.45, 7) is 0.693. The Bertz CT molecular complexity index is 438. The van der Waals surface area contributed by atoms with Crippen LogP contribution in [0.15, 0.2) is 18.2 Å². The van der Waals surface area contributed by atoms with E-state index < -0.39 is 5.82 Å². The first-order valence-corrected chi connectivity index (χ1v) is 6.90. The number of ether oxygens (including phenoxy) is 1. The third kappa shape index (κ3) is 4.81. The van der Waals surface area contributed by atoms with E-state index in [2.05, 4.69) is 0 Å². The Kier molecular flexibility index (Phi) is 7.01. The number of methoxy groups -OCH3 is 1. The van der Waals surface area contributed by atoms with Crippen molar-refractivity contribution in [3.05, 3.63) is 24.0 Å². The van der Waals surface area contributed by atoms with Gasteiger partial charge in [0.15, 0.2) is 11.6 Å². The first-order valence-electron chi connectivity index (χ1n) is 6.90. The highest BCUT2D eigenvalue weighted by Gasteiger charge is 2.12. The molecule has 4 nitrogen and oxygen atoms in total. The molecule has 0 aromatic heterocycles. The molecule has 20 heavy (non-hydrogen) atoms. The topological polar surface area (TPSA) is 55.6 Å². The van der Waals surface area contributed by atoms with Crippen LogP contribution in [0.1, 0.15) is 32.1 Å². The molecule has 112 valence electrons. The van der Waals surface area contributed by atoms with Crippen molar-refractivity contribution in [3.8, 4) is 5.75 Å². The maximum absolute atomic E-state index is 13.6. The van der Waals surface area contributed by atoms with Gasteiger partial charge in [0, 0.05) is 25.2 Å². The van der Waals surface area contributed by atoms with E-state index in [0.717, 1.165) is 25.7 Å². The van der Waals surface area contributed by atoms with E-state index in [1.165, 1.54) is 24.1 Å². The molecule has 1 aromatic rings. The average molecular weight is 282 g/mol. The fraction of sp³-hybridized carbons (Fsp3) is 0.533. The molecule has 0 spiro atoms. The highest BCUT2D eigenvalue weighted by molar-refractivity contribution is 5.92. The molecule has 5 heteroatoms.